The standard InChI is InChI=1S/C22H36O2/c1-3-5-7-8-10-12-21-17-24-22(18-23-21)20-15-13-19(14-16-20)11-9-6-4-2/h13-16,21-22H,3-12,17-18H2,1-2H3/t21-,22-/m1/s1. The fraction of sp³-hybridized carbons (Fsp3) is 0.727. The number of benzene rings is 1. The van der Waals surface area contributed by atoms with Gasteiger partial charge in [-0.1, -0.05) is 83.1 Å². The van der Waals surface area contributed by atoms with Gasteiger partial charge in [0.05, 0.1) is 19.3 Å². The molecule has 0 spiro atoms. The molecule has 136 valence electrons. The Hall–Kier alpha value is -0.860. The zero-order valence-electron chi connectivity index (χ0n) is 15.8. The first-order valence-corrected chi connectivity index (χ1v) is 10.2. The highest BCUT2D eigenvalue weighted by atomic mass is 16.6. The largest absolute Gasteiger partial charge is 0.373 e. The van der Waals surface area contributed by atoms with Crippen LogP contribution in [-0.2, 0) is 15.9 Å². The molecule has 2 heteroatoms. The fourth-order valence-corrected chi connectivity index (χ4v) is 3.36. The summed E-state index contributed by atoms with van der Waals surface area (Å²) in [4.78, 5) is 0. The van der Waals surface area contributed by atoms with Gasteiger partial charge in [0.2, 0.25) is 0 Å². The van der Waals surface area contributed by atoms with Crippen molar-refractivity contribution in [2.45, 2.75) is 90.3 Å². The van der Waals surface area contributed by atoms with Crippen molar-refractivity contribution in [2.75, 3.05) is 13.2 Å². The maximum atomic E-state index is 6.07. The molecular weight excluding hydrogens is 296 g/mol. The molecule has 0 radical (unpaired) electrons. The summed E-state index contributed by atoms with van der Waals surface area (Å²) in [5.74, 6) is 0. The molecule has 2 atom stereocenters. The number of aryl methyl sites for hydroxylation is 1. The van der Waals surface area contributed by atoms with Gasteiger partial charge in [-0.25, -0.2) is 0 Å². The SMILES string of the molecule is CCCCCCC[C@@H]1CO[C@@H](c2ccc(CCCCC)cc2)CO1. The zero-order chi connectivity index (χ0) is 17.0. The summed E-state index contributed by atoms with van der Waals surface area (Å²) in [6, 6.07) is 8.96. The Bertz CT molecular complexity index is 418. The Balaban J connectivity index is 1.66. The van der Waals surface area contributed by atoms with Crippen LogP contribution in [0.15, 0.2) is 24.3 Å². The second kappa shape index (κ2) is 11.7. The van der Waals surface area contributed by atoms with Crippen molar-refractivity contribution < 1.29 is 9.47 Å². The number of hydrogen-bond donors (Lipinski definition) is 0. The number of hydrogen-bond acceptors (Lipinski definition) is 2. The minimum absolute atomic E-state index is 0.117. The monoisotopic (exact) mass is 332 g/mol. The topological polar surface area (TPSA) is 18.5 Å². The number of unbranched alkanes of at least 4 members (excludes halogenated alkanes) is 6. The van der Waals surface area contributed by atoms with Gasteiger partial charge in [0, 0.05) is 0 Å². The van der Waals surface area contributed by atoms with E-state index in [-0.39, 0.29) is 6.10 Å². The first-order valence-electron chi connectivity index (χ1n) is 10.2. The highest BCUT2D eigenvalue weighted by molar-refractivity contribution is 5.24. The Labute approximate surface area is 148 Å². The maximum absolute atomic E-state index is 6.07. The Kier molecular flexibility index (Phi) is 9.45. The van der Waals surface area contributed by atoms with Crippen molar-refractivity contribution in [2.24, 2.45) is 0 Å². The average molecular weight is 333 g/mol. The van der Waals surface area contributed by atoms with E-state index in [0.29, 0.717) is 12.7 Å². The predicted octanol–water partition coefficient (Wildman–Crippen LogP) is 6.24. The van der Waals surface area contributed by atoms with Gasteiger partial charge in [-0.2, -0.15) is 0 Å². The van der Waals surface area contributed by atoms with Crippen molar-refractivity contribution in [3.05, 3.63) is 35.4 Å². The van der Waals surface area contributed by atoms with Gasteiger partial charge in [-0.05, 0) is 30.4 Å². The molecule has 2 rings (SSSR count). The quantitative estimate of drug-likeness (QED) is 0.447. The lowest BCUT2D eigenvalue weighted by Crippen LogP contribution is -2.31. The zero-order valence-corrected chi connectivity index (χ0v) is 15.8. The Morgan fingerprint density at radius 2 is 1.50 bits per heavy atom. The van der Waals surface area contributed by atoms with Gasteiger partial charge in [-0.3, -0.25) is 0 Å². The normalized spacial score (nSPS) is 21.1. The van der Waals surface area contributed by atoms with Crippen molar-refractivity contribution in [3.8, 4) is 0 Å². The summed E-state index contributed by atoms with van der Waals surface area (Å²) < 4.78 is 12.1. The van der Waals surface area contributed by atoms with E-state index >= 15 is 0 Å². The summed E-state index contributed by atoms with van der Waals surface area (Å²) in [5, 5.41) is 0. The van der Waals surface area contributed by atoms with Gasteiger partial charge >= 0.3 is 0 Å². The summed E-state index contributed by atoms with van der Waals surface area (Å²) >= 11 is 0. The van der Waals surface area contributed by atoms with Crippen LogP contribution in [0.4, 0.5) is 0 Å². The lowest BCUT2D eigenvalue weighted by molar-refractivity contribution is -0.137. The molecule has 0 aliphatic carbocycles. The highest BCUT2D eigenvalue weighted by Gasteiger charge is 2.23. The van der Waals surface area contributed by atoms with E-state index in [4.69, 9.17) is 9.47 Å². The van der Waals surface area contributed by atoms with Gasteiger partial charge < -0.3 is 9.47 Å². The van der Waals surface area contributed by atoms with E-state index in [1.54, 1.807) is 0 Å². The molecule has 2 nitrogen and oxygen atoms in total. The molecule has 0 saturated carbocycles. The third-order valence-electron chi connectivity index (χ3n) is 5.02. The maximum Gasteiger partial charge on any atom is 0.106 e. The molecule has 1 aliphatic heterocycles. The van der Waals surface area contributed by atoms with Crippen molar-refractivity contribution in [3.63, 3.8) is 0 Å². The first kappa shape index (κ1) is 19.5. The molecule has 1 aromatic rings. The summed E-state index contributed by atoms with van der Waals surface area (Å²) in [5.41, 5.74) is 2.70. The third-order valence-corrected chi connectivity index (χ3v) is 5.02. The highest BCUT2D eigenvalue weighted by Crippen LogP contribution is 2.25. The minimum Gasteiger partial charge on any atom is -0.373 e. The van der Waals surface area contributed by atoms with Crippen LogP contribution in [0, 0.1) is 0 Å². The van der Waals surface area contributed by atoms with Gasteiger partial charge in [0.1, 0.15) is 6.10 Å². The van der Waals surface area contributed by atoms with Crippen molar-refractivity contribution in [1.82, 2.24) is 0 Å². The Morgan fingerprint density at radius 1 is 0.792 bits per heavy atom. The smallest absolute Gasteiger partial charge is 0.106 e. The lowest BCUT2D eigenvalue weighted by atomic mass is 10.0. The molecule has 1 fully saturated rings. The van der Waals surface area contributed by atoms with Crippen LogP contribution in [0.3, 0.4) is 0 Å². The molecule has 1 heterocycles. The number of rotatable bonds is 11. The van der Waals surface area contributed by atoms with Gasteiger partial charge in [0.25, 0.3) is 0 Å². The average Bonchev–Trinajstić information content (AvgIpc) is 2.63. The molecule has 1 aliphatic rings. The summed E-state index contributed by atoms with van der Waals surface area (Å²) in [6.07, 6.45) is 13.3. The molecule has 0 bridgehead atoms. The second-order valence-corrected chi connectivity index (χ2v) is 7.18. The first-order chi connectivity index (χ1) is 11.8. The lowest BCUT2D eigenvalue weighted by Gasteiger charge is -2.30. The van der Waals surface area contributed by atoms with E-state index in [2.05, 4.69) is 38.1 Å². The van der Waals surface area contributed by atoms with E-state index in [1.807, 2.05) is 0 Å². The molecular formula is C22H36O2. The van der Waals surface area contributed by atoms with E-state index in [0.717, 1.165) is 13.0 Å². The predicted molar refractivity (Wildman–Crippen MR) is 101 cm³/mol. The molecule has 0 amide bonds. The molecule has 24 heavy (non-hydrogen) atoms. The van der Waals surface area contributed by atoms with E-state index in [9.17, 15) is 0 Å². The number of ether oxygens (including phenoxy) is 2. The minimum atomic E-state index is 0.117. The van der Waals surface area contributed by atoms with Crippen LogP contribution in [0.25, 0.3) is 0 Å². The van der Waals surface area contributed by atoms with Crippen LogP contribution in [0.1, 0.15) is 88.9 Å². The molecule has 0 unspecified atom stereocenters. The Morgan fingerprint density at radius 3 is 2.17 bits per heavy atom. The van der Waals surface area contributed by atoms with Crippen LogP contribution in [0.5, 0.6) is 0 Å². The summed E-state index contributed by atoms with van der Waals surface area (Å²) in [6.45, 7) is 5.96. The van der Waals surface area contributed by atoms with E-state index < -0.39 is 0 Å². The second-order valence-electron chi connectivity index (χ2n) is 7.18. The van der Waals surface area contributed by atoms with Crippen LogP contribution >= 0.6 is 0 Å². The fourth-order valence-electron chi connectivity index (χ4n) is 3.36. The molecule has 0 aromatic heterocycles. The van der Waals surface area contributed by atoms with E-state index in [1.165, 1.54) is 68.9 Å². The van der Waals surface area contributed by atoms with Crippen molar-refractivity contribution >= 4 is 0 Å². The molecule has 1 aromatic carbocycles. The molecule has 1 saturated heterocycles. The van der Waals surface area contributed by atoms with Crippen LogP contribution in [-0.4, -0.2) is 19.3 Å². The van der Waals surface area contributed by atoms with Crippen LogP contribution in [0.2, 0.25) is 0 Å². The molecule has 0 N–H and O–H groups in total. The van der Waals surface area contributed by atoms with Crippen molar-refractivity contribution in [1.29, 1.82) is 0 Å². The van der Waals surface area contributed by atoms with Gasteiger partial charge in [0.15, 0.2) is 0 Å². The third kappa shape index (κ3) is 6.94. The summed E-state index contributed by atoms with van der Waals surface area (Å²) in [7, 11) is 0. The van der Waals surface area contributed by atoms with Crippen LogP contribution < -0.4 is 0 Å². The van der Waals surface area contributed by atoms with Gasteiger partial charge in [-0.15, -0.1) is 0 Å².